The third kappa shape index (κ3) is 5.59. The van der Waals surface area contributed by atoms with E-state index in [0.717, 1.165) is 0 Å². The van der Waals surface area contributed by atoms with Crippen molar-refractivity contribution in [3.63, 3.8) is 0 Å². The summed E-state index contributed by atoms with van der Waals surface area (Å²) in [6.45, 7) is -0.331. The highest BCUT2D eigenvalue weighted by Gasteiger charge is 2.28. The quantitative estimate of drug-likeness (QED) is 0.609. The van der Waals surface area contributed by atoms with E-state index in [1.165, 1.54) is 18.2 Å². The molecular formula is C9H10BrF3N2O2S2. The van der Waals surface area contributed by atoms with Gasteiger partial charge in [-0.05, 0) is 30.0 Å². The molecule has 3 N–H and O–H groups in total. The number of hydrogen-bond donors (Lipinski definition) is 2. The average molecular weight is 379 g/mol. The van der Waals surface area contributed by atoms with E-state index in [2.05, 4.69) is 20.7 Å². The number of hydrogen-bond acceptors (Lipinski definition) is 4. The number of rotatable bonds is 5. The third-order valence-corrected chi connectivity index (χ3v) is 4.69. The predicted molar refractivity (Wildman–Crippen MR) is 72.3 cm³/mol. The molecule has 0 atom stereocenters. The Morgan fingerprint density at radius 1 is 1.37 bits per heavy atom. The summed E-state index contributed by atoms with van der Waals surface area (Å²) >= 11 is 2.84. The van der Waals surface area contributed by atoms with Crippen molar-refractivity contribution in [3.05, 3.63) is 22.7 Å². The van der Waals surface area contributed by atoms with Crippen LogP contribution < -0.4 is 10.5 Å². The molecule has 0 aliphatic rings. The highest BCUT2D eigenvalue weighted by molar-refractivity contribution is 9.10. The minimum Gasteiger partial charge on any atom is -0.398 e. The normalized spacial score (nSPS) is 12.6. The molecule has 19 heavy (non-hydrogen) atoms. The first kappa shape index (κ1) is 16.6. The first-order chi connectivity index (χ1) is 8.62. The molecule has 0 saturated heterocycles. The molecule has 0 aliphatic heterocycles. The second-order valence-corrected chi connectivity index (χ2v) is 7.19. The molecule has 0 saturated carbocycles. The molecule has 0 aliphatic carbocycles. The van der Waals surface area contributed by atoms with Crippen LogP contribution in [-0.4, -0.2) is 26.2 Å². The topological polar surface area (TPSA) is 72.2 Å². The molecule has 10 heteroatoms. The van der Waals surface area contributed by atoms with Gasteiger partial charge in [-0.1, -0.05) is 15.9 Å². The van der Waals surface area contributed by atoms with Crippen LogP contribution in [0.1, 0.15) is 0 Å². The van der Waals surface area contributed by atoms with E-state index < -0.39 is 21.3 Å². The van der Waals surface area contributed by atoms with Crippen molar-refractivity contribution in [2.45, 2.75) is 10.4 Å². The zero-order valence-electron chi connectivity index (χ0n) is 9.37. The van der Waals surface area contributed by atoms with Crippen molar-refractivity contribution in [1.29, 1.82) is 0 Å². The summed E-state index contributed by atoms with van der Waals surface area (Å²) in [6.07, 6.45) is 0. The van der Waals surface area contributed by atoms with Crippen molar-refractivity contribution in [3.8, 4) is 0 Å². The molecule has 1 aromatic carbocycles. The van der Waals surface area contributed by atoms with Crippen LogP contribution in [0, 0.1) is 0 Å². The molecular weight excluding hydrogens is 369 g/mol. The Morgan fingerprint density at radius 2 is 2.00 bits per heavy atom. The molecule has 0 bridgehead atoms. The fourth-order valence-corrected chi connectivity index (χ4v) is 3.27. The molecule has 1 rings (SSSR count). The van der Waals surface area contributed by atoms with Gasteiger partial charge in [0.25, 0.3) is 0 Å². The van der Waals surface area contributed by atoms with Gasteiger partial charge in [0.1, 0.15) is 4.90 Å². The van der Waals surface area contributed by atoms with Crippen LogP contribution in [-0.2, 0) is 10.0 Å². The average Bonchev–Trinajstić information content (AvgIpc) is 2.22. The third-order valence-electron chi connectivity index (χ3n) is 1.92. The largest absolute Gasteiger partial charge is 0.441 e. The van der Waals surface area contributed by atoms with E-state index in [9.17, 15) is 21.6 Å². The first-order valence-corrected chi connectivity index (χ1v) is 8.13. The van der Waals surface area contributed by atoms with Crippen LogP contribution in [0.15, 0.2) is 27.6 Å². The number of anilines is 1. The first-order valence-electron chi connectivity index (χ1n) is 4.87. The maximum atomic E-state index is 11.9. The standard InChI is InChI=1S/C9H10BrF3N2O2S2/c10-6-1-2-8(7(14)5-6)19(16,17)15-3-4-18-9(11,12)13/h1-2,5,15H,3-4,14H2. The summed E-state index contributed by atoms with van der Waals surface area (Å²) in [4.78, 5) is -0.160. The number of halogens is 4. The van der Waals surface area contributed by atoms with Crippen LogP contribution in [0.4, 0.5) is 18.9 Å². The van der Waals surface area contributed by atoms with Crippen LogP contribution in [0.3, 0.4) is 0 Å². The van der Waals surface area contributed by atoms with E-state index in [4.69, 9.17) is 5.73 Å². The summed E-state index contributed by atoms with van der Waals surface area (Å²) in [7, 11) is -3.90. The van der Waals surface area contributed by atoms with Crippen molar-refractivity contribution >= 4 is 43.4 Å². The molecule has 1 aromatic rings. The van der Waals surface area contributed by atoms with Gasteiger partial charge in [-0.2, -0.15) is 13.2 Å². The van der Waals surface area contributed by atoms with Gasteiger partial charge in [0, 0.05) is 16.8 Å². The van der Waals surface area contributed by atoms with Gasteiger partial charge in [-0.25, -0.2) is 13.1 Å². The Hall–Kier alpha value is -0.450. The minimum atomic E-state index is -4.37. The molecule has 0 amide bonds. The molecule has 0 heterocycles. The van der Waals surface area contributed by atoms with Gasteiger partial charge in [-0.15, -0.1) is 0 Å². The summed E-state index contributed by atoms with van der Waals surface area (Å²) in [6, 6.07) is 4.16. The van der Waals surface area contributed by atoms with Crippen molar-refractivity contribution in [1.82, 2.24) is 4.72 Å². The maximum Gasteiger partial charge on any atom is 0.441 e. The molecule has 108 valence electrons. The fraction of sp³-hybridized carbons (Fsp3) is 0.333. The zero-order valence-corrected chi connectivity index (χ0v) is 12.6. The second kappa shape index (κ2) is 6.33. The predicted octanol–water partition coefficient (Wildman–Crippen LogP) is 2.56. The summed E-state index contributed by atoms with van der Waals surface area (Å²) in [5, 5.41) is 0. The Morgan fingerprint density at radius 3 is 2.53 bits per heavy atom. The monoisotopic (exact) mass is 378 g/mol. The highest BCUT2D eigenvalue weighted by Crippen LogP contribution is 2.29. The van der Waals surface area contributed by atoms with E-state index in [0.29, 0.717) is 4.47 Å². The SMILES string of the molecule is Nc1cc(Br)ccc1S(=O)(=O)NCCSC(F)(F)F. The Balaban J connectivity index is 2.66. The number of thioether (sulfide) groups is 1. The molecule has 0 unspecified atom stereocenters. The molecule has 0 aromatic heterocycles. The fourth-order valence-electron chi connectivity index (χ4n) is 1.18. The lowest BCUT2D eigenvalue weighted by Crippen LogP contribution is -2.27. The second-order valence-electron chi connectivity index (χ2n) is 3.37. The lowest BCUT2D eigenvalue weighted by atomic mass is 10.3. The van der Waals surface area contributed by atoms with E-state index in [1.54, 1.807) is 0 Å². The van der Waals surface area contributed by atoms with Crippen molar-refractivity contribution in [2.75, 3.05) is 18.0 Å². The number of nitrogens with one attached hydrogen (secondary N) is 1. The lowest BCUT2D eigenvalue weighted by molar-refractivity contribution is -0.0327. The number of sulfonamides is 1. The molecule has 0 spiro atoms. The van der Waals surface area contributed by atoms with Gasteiger partial charge >= 0.3 is 5.51 Å². The number of nitrogens with two attached hydrogens (primary N) is 1. The number of nitrogen functional groups attached to an aromatic ring is 1. The summed E-state index contributed by atoms with van der Waals surface area (Å²) < 4.78 is 61.9. The maximum absolute atomic E-state index is 11.9. The van der Waals surface area contributed by atoms with Crippen LogP contribution >= 0.6 is 27.7 Å². The van der Waals surface area contributed by atoms with Crippen LogP contribution in [0.2, 0.25) is 0 Å². The summed E-state index contributed by atoms with van der Waals surface area (Å²) in [5.41, 5.74) is 1.19. The Labute approximate surface area is 121 Å². The van der Waals surface area contributed by atoms with Crippen LogP contribution in [0.5, 0.6) is 0 Å². The number of alkyl halides is 3. The van der Waals surface area contributed by atoms with Crippen molar-refractivity contribution in [2.24, 2.45) is 0 Å². The van der Waals surface area contributed by atoms with E-state index in [1.807, 2.05) is 0 Å². The van der Waals surface area contributed by atoms with Gasteiger partial charge in [0.05, 0.1) is 5.69 Å². The van der Waals surface area contributed by atoms with Gasteiger partial charge in [0.15, 0.2) is 0 Å². The molecule has 0 fully saturated rings. The Bertz CT molecular complexity index is 549. The van der Waals surface area contributed by atoms with Crippen LogP contribution in [0.25, 0.3) is 0 Å². The zero-order chi connectivity index (χ0) is 14.7. The molecule has 4 nitrogen and oxygen atoms in total. The number of benzene rings is 1. The van der Waals surface area contributed by atoms with E-state index in [-0.39, 0.29) is 28.9 Å². The summed E-state index contributed by atoms with van der Waals surface area (Å²) in [5.74, 6) is -0.404. The van der Waals surface area contributed by atoms with Gasteiger partial charge in [-0.3, -0.25) is 0 Å². The highest BCUT2D eigenvalue weighted by atomic mass is 79.9. The van der Waals surface area contributed by atoms with E-state index >= 15 is 0 Å². The van der Waals surface area contributed by atoms with Crippen molar-refractivity contribution < 1.29 is 21.6 Å². The lowest BCUT2D eigenvalue weighted by Gasteiger charge is -2.10. The minimum absolute atomic E-state index is 0.0188. The molecule has 0 radical (unpaired) electrons. The smallest absolute Gasteiger partial charge is 0.398 e. The Kier molecular flexibility index (Phi) is 5.53. The van der Waals surface area contributed by atoms with Gasteiger partial charge < -0.3 is 5.73 Å². The van der Waals surface area contributed by atoms with Gasteiger partial charge in [0.2, 0.25) is 10.0 Å².